The van der Waals surface area contributed by atoms with Crippen LogP contribution in [0.3, 0.4) is 0 Å². The van der Waals surface area contributed by atoms with Crippen molar-refractivity contribution in [2.75, 3.05) is 13.1 Å². The van der Waals surface area contributed by atoms with Gasteiger partial charge in [0.2, 0.25) is 5.91 Å². The van der Waals surface area contributed by atoms with E-state index in [4.69, 9.17) is 0 Å². The zero-order valence-electron chi connectivity index (χ0n) is 11.4. The number of nitrogens with zero attached hydrogens (tertiary/aromatic N) is 2. The molecule has 1 aliphatic rings. The van der Waals surface area contributed by atoms with Gasteiger partial charge in [-0.05, 0) is 28.0 Å². The molecular formula is C14H18N4OS. The molecular weight excluding hydrogens is 272 g/mol. The van der Waals surface area contributed by atoms with Crippen molar-refractivity contribution in [3.63, 3.8) is 0 Å². The Kier molecular flexibility index (Phi) is 3.84. The number of rotatable bonds is 4. The number of carbonyl (C=O) groups is 1. The molecule has 0 bridgehead atoms. The van der Waals surface area contributed by atoms with Crippen LogP contribution in [0.1, 0.15) is 17.0 Å². The first-order valence-electron chi connectivity index (χ1n) is 6.72. The zero-order chi connectivity index (χ0) is 13.9. The molecule has 0 radical (unpaired) electrons. The van der Waals surface area contributed by atoms with Crippen LogP contribution < -0.4 is 10.6 Å². The number of aromatic nitrogens is 2. The third-order valence-corrected chi connectivity index (χ3v) is 4.48. The van der Waals surface area contributed by atoms with Gasteiger partial charge in [0, 0.05) is 38.8 Å². The molecule has 1 fully saturated rings. The summed E-state index contributed by atoms with van der Waals surface area (Å²) in [6.07, 6.45) is 3.85. The van der Waals surface area contributed by atoms with Crippen molar-refractivity contribution < 1.29 is 4.79 Å². The quantitative estimate of drug-likeness (QED) is 0.886. The molecule has 2 atom stereocenters. The summed E-state index contributed by atoms with van der Waals surface area (Å²) in [5.74, 6) is 0.319. The first-order chi connectivity index (χ1) is 9.74. The maximum atomic E-state index is 12.4. The van der Waals surface area contributed by atoms with Crippen LogP contribution in [-0.2, 0) is 18.4 Å². The molecule has 6 heteroatoms. The number of nitrogens with one attached hydrogen (secondary N) is 2. The predicted octanol–water partition coefficient (Wildman–Crippen LogP) is 1.10. The summed E-state index contributed by atoms with van der Waals surface area (Å²) in [5.41, 5.74) is 2.29. The van der Waals surface area contributed by atoms with E-state index >= 15 is 0 Å². The summed E-state index contributed by atoms with van der Waals surface area (Å²) >= 11 is 1.65. The Labute approximate surface area is 122 Å². The minimum atomic E-state index is -0.0159. The summed E-state index contributed by atoms with van der Waals surface area (Å²) in [6, 6.07) is 2.04. The third-order valence-electron chi connectivity index (χ3n) is 3.75. The van der Waals surface area contributed by atoms with Crippen molar-refractivity contribution in [3.05, 3.63) is 40.3 Å². The third kappa shape index (κ3) is 2.76. The predicted molar refractivity (Wildman–Crippen MR) is 78.5 cm³/mol. The highest BCUT2D eigenvalue weighted by Gasteiger charge is 2.34. The van der Waals surface area contributed by atoms with E-state index in [1.165, 1.54) is 0 Å². The number of hydrogen-bond acceptors (Lipinski definition) is 4. The summed E-state index contributed by atoms with van der Waals surface area (Å²) in [7, 11) is 1.90. The van der Waals surface area contributed by atoms with Gasteiger partial charge >= 0.3 is 0 Å². The molecule has 106 valence electrons. The molecule has 0 unspecified atom stereocenters. The fraction of sp³-hybridized carbons (Fsp3) is 0.429. The number of hydrogen-bond donors (Lipinski definition) is 2. The van der Waals surface area contributed by atoms with Crippen molar-refractivity contribution in [3.8, 4) is 0 Å². The van der Waals surface area contributed by atoms with Gasteiger partial charge in [0.15, 0.2) is 0 Å². The molecule has 0 spiro atoms. The van der Waals surface area contributed by atoms with Crippen LogP contribution in [-0.4, -0.2) is 28.8 Å². The number of amides is 1. The normalized spacial score (nSPS) is 22.1. The maximum absolute atomic E-state index is 12.4. The van der Waals surface area contributed by atoms with Crippen molar-refractivity contribution >= 4 is 17.2 Å². The van der Waals surface area contributed by atoms with Crippen LogP contribution in [0.4, 0.5) is 0 Å². The molecule has 2 N–H and O–H groups in total. The van der Waals surface area contributed by atoms with E-state index in [-0.39, 0.29) is 17.7 Å². The smallest absolute Gasteiger partial charge is 0.225 e. The highest BCUT2D eigenvalue weighted by Crippen LogP contribution is 2.27. The molecule has 0 aromatic carbocycles. The van der Waals surface area contributed by atoms with Crippen molar-refractivity contribution in [2.45, 2.75) is 12.5 Å². The van der Waals surface area contributed by atoms with Gasteiger partial charge in [-0.1, -0.05) is 0 Å². The summed E-state index contributed by atoms with van der Waals surface area (Å²) in [6.45, 7) is 2.18. The van der Waals surface area contributed by atoms with Crippen molar-refractivity contribution in [1.29, 1.82) is 0 Å². The van der Waals surface area contributed by atoms with Gasteiger partial charge in [0.25, 0.3) is 0 Å². The Hall–Kier alpha value is -1.66. The maximum Gasteiger partial charge on any atom is 0.225 e. The molecule has 0 saturated carbocycles. The summed E-state index contributed by atoms with van der Waals surface area (Å²) in [5, 5.41) is 14.6. The zero-order valence-corrected chi connectivity index (χ0v) is 12.2. The Bertz CT molecular complexity index is 578. The summed E-state index contributed by atoms with van der Waals surface area (Å²) < 4.78 is 1.79. The first-order valence-corrected chi connectivity index (χ1v) is 7.66. The fourth-order valence-corrected chi connectivity index (χ4v) is 3.32. The SMILES string of the molecule is Cn1cc([C@H]2CNC[C@@H]2C(=O)NCc2ccsc2)cn1. The Morgan fingerprint density at radius 2 is 2.50 bits per heavy atom. The van der Waals surface area contributed by atoms with Gasteiger partial charge in [-0.2, -0.15) is 16.4 Å². The van der Waals surface area contributed by atoms with Crippen LogP contribution in [0, 0.1) is 5.92 Å². The minimum absolute atomic E-state index is 0.0159. The number of carbonyl (C=O) groups excluding carboxylic acids is 1. The number of aryl methyl sites for hydroxylation is 1. The molecule has 1 saturated heterocycles. The first kappa shape index (κ1) is 13.3. The van der Waals surface area contributed by atoms with Gasteiger partial charge in [-0.25, -0.2) is 0 Å². The van der Waals surface area contributed by atoms with E-state index in [0.717, 1.165) is 24.2 Å². The van der Waals surface area contributed by atoms with Crippen molar-refractivity contribution in [2.24, 2.45) is 13.0 Å². The molecule has 20 heavy (non-hydrogen) atoms. The Balaban J connectivity index is 1.64. The fourth-order valence-electron chi connectivity index (χ4n) is 2.65. The molecule has 5 nitrogen and oxygen atoms in total. The average Bonchev–Trinajstić information content (AvgIpc) is 3.16. The monoisotopic (exact) mass is 290 g/mol. The Morgan fingerprint density at radius 1 is 1.60 bits per heavy atom. The molecule has 2 aromatic rings. The molecule has 1 aliphatic heterocycles. The highest BCUT2D eigenvalue weighted by atomic mass is 32.1. The Morgan fingerprint density at radius 3 is 3.20 bits per heavy atom. The van der Waals surface area contributed by atoms with Crippen LogP contribution >= 0.6 is 11.3 Å². The number of thiophene rings is 1. The molecule has 2 aromatic heterocycles. The van der Waals surface area contributed by atoms with E-state index in [1.807, 2.05) is 30.9 Å². The van der Waals surface area contributed by atoms with Crippen LogP contribution in [0.2, 0.25) is 0 Å². The lowest BCUT2D eigenvalue weighted by molar-refractivity contribution is -0.125. The van der Waals surface area contributed by atoms with Crippen LogP contribution in [0.5, 0.6) is 0 Å². The standard InChI is InChI=1S/C14H18N4OS/c1-18-8-11(5-17-18)12-6-15-7-13(12)14(19)16-4-10-2-3-20-9-10/h2-3,5,8-9,12-13,15H,4,6-7H2,1H3,(H,16,19)/t12-,13+/m1/s1. The van der Waals surface area contributed by atoms with Crippen molar-refractivity contribution in [1.82, 2.24) is 20.4 Å². The van der Waals surface area contributed by atoms with Gasteiger partial charge in [0.1, 0.15) is 0 Å². The lowest BCUT2D eigenvalue weighted by Crippen LogP contribution is -2.33. The highest BCUT2D eigenvalue weighted by molar-refractivity contribution is 7.07. The van der Waals surface area contributed by atoms with Gasteiger partial charge in [-0.15, -0.1) is 0 Å². The van der Waals surface area contributed by atoms with Gasteiger partial charge in [-0.3, -0.25) is 9.48 Å². The molecule has 3 rings (SSSR count). The second kappa shape index (κ2) is 5.76. The van der Waals surface area contributed by atoms with Gasteiger partial charge < -0.3 is 10.6 Å². The average molecular weight is 290 g/mol. The van der Waals surface area contributed by atoms with E-state index in [0.29, 0.717) is 6.54 Å². The second-order valence-electron chi connectivity index (χ2n) is 5.17. The summed E-state index contributed by atoms with van der Waals surface area (Å²) in [4.78, 5) is 12.4. The van der Waals surface area contributed by atoms with E-state index in [1.54, 1.807) is 16.0 Å². The lowest BCUT2D eigenvalue weighted by atomic mass is 9.90. The van der Waals surface area contributed by atoms with Gasteiger partial charge in [0.05, 0.1) is 12.1 Å². The van der Waals surface area contributed by atoms with E-state index in [9.17, 15) is 4.79 Å². The second-order valence-corrected chi connectivity index (χ2v) is 5.95. The van der Waals surface area contributed by atoms with E-state index in [2.05, 4.69) is 21.1 Å². The van der Waals surface area contributed by atoms with E-state index < -0.39 is 0 Å². The lowest BCUT2D eigenvalue weighted by Gasteiger charge is -2.16. The topological polar surface area (TPSA) is 59.0 Å². The molecule has 1 amide bonds. The van der Waals surface area contributed by atoms with Crippen LogP contribution in [0.25, 0.3) is 0 Å². The van der Waals surface area contributed by atoms with Crippen LogP contribution in [0.15, 0.2) is 29.2 Å². The molecule has 0 aliphatic carbocycles. The minimum Gasteiger partial charge on any atom is -0.352 e. The largest absolute Gasteiger partial charge is 0.352 e. The molecule has 3 heterocycles.